The highest BCUT2D eigenvalue weighted by atomic mass is 16.5. The quantitative estimate of drug-likeness (QED) is 0.246. The number of carbonyl (C=O) groups excluding carboxylic acids is 1. The van der Waals surface area contributed by atoms with Crippen molar-refractivity contribution in [2.75, 3.05) is 0 Å². The maximum atomic E-state index is 12.4. The number of aliphatic carboxylic acids is 1. The number of rotatable bonds is 11. The van der Waals surface area contributed by atoms with Gasteiger partial charge in [-0.05, 0) is 62.1 Å². The third-order valence-electron chi connectivity index (χ3n) is 6.01. The molecule has 0 amide bonds. The topological polar surface area (TPSA) is 156 Å². The number of benzene rings is 2. The Labute approximate surface area is 210 Å². The lowest BCUT2D eigenvalue weighted by Gasteiger charge is -2.26. The van der Waals surface area contributed by atoms with E-state index in [0.717, 1.165) is 11.1 Å². The van der Waals surface area contributed by atoms with Crippen LogP contribution in [0.2, 0.25) is 0 Å². The van der Waals surface area contributed by atoms with Crippen molar-refractivity contribution in [1.29, 1.82) is 10.5 Å². The van der Waals surface area contributed by atoms with Gasteiger partial charge in [-0.3, -0.25) is 9.59 Å². The van der Waals surface area contributed by atoms with E-state index in [2.05, 4.69) is 24.1 Å². The van der Waals surface area contributed by atoms with E-state index in [4.69, 9.17) is 9.84 Å². The van der Waals surface area contributed by atoms with E-state index in [9.17, 15) is 25.2 Å². The summed E-state index contributed by atoms with van der Waals surface area (Å²) in [6.45, 7) is 7.03. The molecule has 2 aromatic carbocycles. The molecule has 0 aliphatic heterocycles. The first kappa shape index (κ1) is 28.0. The summed E-state index contributed by atoms with van der Waals surface area (Å²) in [5, 5.41) is 45.1. The first-order valence-corrected chi connectivity index (χ1v) is 11.4. The van der Waals surface area contributed by atoms with Crippen LogP contribution >= 0.6 is 0 Å². The third kappa shape index (κ3) is 7.64. The van der Waals surface area contributed by atoms with Crippen LogP contribution in [0.1, 0.15) is 64.5 Å². The number of phenolic OH excluding ortho intramolecular Hbond substituents is 1. The molecular weight excluding hydrogens is 460 g/mol. The van der Waals surface area contributed by atoms with Crippen molar-refractivity contribution in [3.63, 3.8) is 0 Å². The SMILES string of the molecule is CC(C#N)(CCC(=O)O)N=NC(C)(C#N)CCC(=O)Oc1ccc(C(C)(C)c2ccc(O)cc2)cc1. The molecular formula is C27H30N4O5. The highest BCUT2D eigenvalue weighted by Gasteiger charge is 2.30. The molecule has 2 aromatic rings. The summed E-state index contributed by atoms with van der Waals surface area (Å²) in [4.78, 5) is 23.2. The zero-order valence-corrected chi connectivity index (χ0v) is 20.9. The lowest BCUT2D eigenvalue weighted by molar-refractivity contribution is -0.137. The second-order valence-corrected chi connectivity index (χ2v) is 9.54. The van der Waals surface area contributed by atoms with Crippen molar-refractivity contribution in [3.05, 3.63) is 59.7 Å². The number of nitriles is 2. The average molecular weight is 491 g/mol. The summed E-state index contributed by atoms with van der Waals surface area (Å²) in [6.07, 6.45) is -0.407. The van der Waals surface area contributed by atoms with Crippen LogP contribution in [0, 0.1) is 22.7 Å². The van der Waals surface area contributed by atoms with E-state index < -0.39 is 23.0 Å². The second kappa shape index (κ2) is 11.5. The highest BCUT2D eigenvalue weighted by molar-refractivity contribution is 5.72. The van der Waals surface area contributed by atoms with Crippen LogP contribution in [0.15, 0.2) is 58.8 Å². The van der Waals surface area contributed by atoms with Gasteiger partial charge in [-0.1, -0.05) is 38.1 Å². The molecule has 2 N–H and O–H groups in total. The van der Waals surface area contributed by atoms with Crippen molar-refractivity contribution in [2.24, 2.45) is 10.2 Å². The van der Waals surface area contributed by atoms with Crippen LogP contribution in [-0.4, -0.2) is 33.2 Å². The van der Waals surface area contributed by atoms with E-state index in [-0.39, 0.29) is 36.8 Å². The van der Waals surface area contributed by atoms with Crippen LogP contribution in [-0.2, 0) is 15.0 Å². The molecule has 0 radical (unpaired) electrons. The number of phenols is 1. The number of carbonyl (C=O) groups is 2. The Balaban J connectivity index is 2.00. The molecule has 9 heteroatoms. The monoisotopic (exact) mass is 490 g/mol. The van der Waals surface area contributed by atoms with Gasteiger partial charge < -0.3 is 14.9 Å². The maximum Gasteiger partial charge on any atom is 0.311 e. The molecule has 0 heterocycles. The van der Waals surface area contributed by atoms with Gasteiger partial charge >= 0.3 is 11.9 Å². The summed E-state index contributed by atoms with van der Waals surface area (Å²) in [6, 6.07) is 18.0. The summed E-state index contributed by atoms with van der Waals surface area (Å²) < 4.78 is 5.40. The minimum atomic E-state index is -1.38. The molecule has 0 bridgehead atoms. The fraction of sp³-hybridized carbons (Fsp3) is 0.407. The number of carboxylic acid groups (broad SMARTS) is 1. The Morgan fingerprint density at radius 3 is 1.72 bits per heavy atom. The fourth-order valence-corrected chi connectivity index (χ4v) is 3.34. The number of azo groups is 1. The van der Waals surface area contributed by atoms with Crippen molar-refractivity contribution in [3.8, 4) is 23.6 Å². The van der Waals surface area contributed by atoms with Gasteiger partial charge in [0.15, 0.2) is 11.1 Å². The normalized spacial score (nSPS) is 14.7. The van der Waals surface area contributed by atoms with Crippen LogP contribution in [0.4, 0.5) is 0 Å². The van der Waals surface area contributed by atoms with Crippen LogP contribution in [0.3, 0.4) is 0 Å². The Bertz CT molecular complexity index is 1190. The number of esters is 1. The standard InChI is InChI=1S/C27H30N4O5/c1-25(2,19-5-9-21(32)10-6-19)20-7-11-22(12-8-20)36-24(35)14-16-27(4,18-29)31-30-26(3,17-28)15-13-23(33)34/h5-12,32H,13-16H2,1-4H3,(H,33,34). The van der Waals surface area contributed by atoms with Gasteiger partial charge in [0.2, 0.25) is 0 Å². The summed E-state index contributed by atoms with van der Waals surface area (Å²) in [5.41, 5.74) is -1.08. The molecule has 36 heavy (non-hydrogen) atoms. The maximum absolute atomic E-state index is 12.4. The molecule has 2 rings (SSSR count). The molecule has 0 aliphatic carbocycles. The largest absolute Gasteiger partial charge is 0.508 e. The molecule has 0 aromatic heterocycles. The Kier molecular flexibility index (Phi) is 8.91. The minimum absolute atomic E-state index is 0.0121. The zero-order valence-electron chi connectivity index (χ0n) is 20.9. The molecule has 9 nitrogen and oxygen atoms in total. The van der Waals surface area contributed by atoms with Crippen LogP contribution < -0.4 is 4.74 Å². The number of nitrogens with zero attached hydrogens (tertiary/aromatic N) is 4. The van der Waals surface area contributed by atoms with Crippen molar-refractivity contribution in [1.82, 2.24) is 0 Å². The minimum Gasteiger partial charge on any atom is -0.508 e. The number of hydrogen-bond acceptors (Lipinski definition) is 8. The number of aromatic hydroxyl groups is 1. The van der Waals surface area contributed by atoms with Crippen LogP contribution in [0.5, 0.6) is 11.5 Å². The highest BCUT2D eigenvalue weighted by Crippen LogP contribution is 2.33. The van der Waals surface area contributed by atoms with Gasteiger partial charge in [0, 0.05) is 18.3 Å². The number of carboxylic acids is 1. The molecule has 0 saturated carbocycles. The molecule has 2 unspecified atom stereocenters. The summed E-state index contributed by atoms with van der Waals surface area (Å²) in [7, 11) is 0. The predicted octanol–water partition coefficient (Wildman–Crippen LogP) is 5.29. The third-order valence-corrected chi connectivity index (χ3v) is 6.01. The van der Waals surface area contributed by atoms with Gasteiger partial charge in [-0.2, -0.15) is 20.8 Å². The van der Waals surface area contributed by atoms with Gasteiger partial charge in [-0.15, -0.1) is 0 Å². The van der Waals surface area contributed by atoms with E-state index in [1.54, 1.807) is 24.3 Å². The fourth-order valence-electron chi connectivity index (χ4n) is 3.34. The molecule has 0 spiro atoms. The van der Waals surface area contributed by atoms with Gasteiger partial charge in [-0.25, -0.2) is 0 Å². The Morgan fingerprint density at radius 2 is 1.28 bits per heavy atom. The molecule has 0 saturated heterocycles. The van der Waals surface area contributed by atoms with E-state index in [0.29, 0.717) is 5.75 Å². The Morgan fingerprint density at radius 1 is 0.833 bits per heavy atom. The lowest BCUT2D eigenvalue weighted by Crippen LogP contribution is -2.25. The van der Waals surface area contributed by atoms with Crippen LogP contribution in [0.25, 0.3) is 0 Å². The summed E-state index contributed by atoms with van der Waals surface area (Å²) in [5.74, 6) is -1.06. The molecule has 0 fully saturated rings. The average Bonchev–Trinajstić information content (AvgIpc) is 2.85. The van der Waals surface area contributed by atoms with Crippen molar-refractivity contribution in [2.45, 2.75) is 69.9 Å². The lowest BCUT2D eigenvalue weighted by atomic mass is 9.78. The van der Waals surface area contributed by atoms with Crippen molar-refractivity contribution < 1.29 is 24.5 Å². The van der Waals surface area contributed by atoms with Gasteiger partial charge in [0.05, 0.1) is 12.1 Å². The first-order valence-electron chi connectivity index (χ1n) is 11.4. The molecule has 0 aliphatic rings. The first-order chi connectivity index (χ1) is 16.8. The van der Waals surface area contributed by atoms with E-state index >= 15 is 0 Å². The smallest absolute Gasteiger partial charge is 0.311 e. The summed E-state index contributed by atoms with van der Waals surface area (Å²) >= 11 is 0. The van der Waals surface area contributed by atoms with E-state index in [1.807, 2.05) is 36.4 Å². The molecule has 188 valence electrons. The zero-order chi connectivity index (χ0) is 27.0. The number of ether oxygens (including phenoxy) is 1. The van der Waals surface area contributed by atoms with E-state index in [1.165, 1.54) is 13.8 Å². The van der Waals surface area contributed by atoms with Gasteiger partial charge in [0.1, 0.15) is 11.5 Å². The van der Waals surface area contributed by atoms with Gasteiger partial charge in [0.25, 0.3) is 0 Å². The second-order valence-electron chi connectivity index (χ2n) is 9.54. The molecule has 2 atom stereocenters. The predicted molar refractivity (Wildman–Crippen MR) is 131 cm³/mol. The number of hydrogen-bond donors (Lipinski definition) is 2. The Hall–Kier alpha value is -4.24. The van der Waals surface area contributed by atoms with Crippen molar-refractivity contribution >= 4 is 11.9 Å².